The second-order valence-electron chi connectivity index (χ2n) is 6.53. The van der Waals surface area contributed by atoms with Gasteiger partial charge in [0.15, 0.2) is 5.69 Å². The lowest BCUT2D eigenvalue weighted by atomic mass is 10.2. The first-order chi connectivity index (χ1) is 14.5. The lowest BCUT2D eigenvalue weighted by molar-refractivity contribution is 0.0996. The molecule has 0 atom stereocenters. The molecule has 3 N–H and O–H groups in total. The van der Waals surface area contributed by atoms with Gasteiger partial charge in [-0.25, -0.2) is 13.8 Å². The number of nitrogens with one attached hydrogen (secondary N) is 1. The maximum absolute atomic E-state index is 14.3. The van der Waals surface area contributed by atoms with E-state index in [1.54, 1.807) is 6.20 Å². The number of aromatic nitrogens is 4. The van der Waals surface area contributed by atoms with Crippen molar-refractivity contribution in [3.63, 3.8) is 0 Å². The zero-order valence-corrected chi connectivity index (χ0v) is 16.8. The minimum atomic E-state index is -0.746. The van der Waals surface area contributed by atoms with E-state index in [4.69, 9.17) is 17.3 Å². The summed E-state index contributed by atoms with van der Waals surface area (Å²) in [6, 6.07) is 13.7. The molecule has 1 amide bonds. The molecule has 0 aliphatic carbocycles. The van der Waals surface area contributed by atoms with E-state index in [1.807, 2.05) is 35.0 Å². The van der Waals surface area contributed by atoms with Crippen LogP contribution in [0.2, 0.25) is 5.02 Å². The number of hydrogen-bond acceptors (Lipinski definition) is 4. The monoisotopic (exact) mass is 424 g/mol. The van der Waals surface area contributed by atoms with E-state index in [2.05, 4.69) is 22.4 Å². The first-order valence-corrected chi connectivity index (χ1v) is 9.60. The van der Waals surface area contributed by atoms with Gasteiger partial charge in [0, 0.05) is 17.6 Å². The zero-order chi connectivity index (χ0) is 21.3. The molecule has 2 heterocycles. The number of para-hydroxylation sites is 1. The van der Waals surface area contributed by atoms with Crippen LogP contribution >= 0.6 is 11.6 Å². The first-order valence-electron chi connectivity index (χ1n) is 9.22. The van der Waals surface area contributed by atoms with Crippen molar-refractivity contribution >= 4 is 28.9 Å². The molecule has 0 radical (unpaired) electrons. The van der Waals surface area contributed by atoms with Gasteiger partial charge < -0.3 is 11.1 Å². The quantitative estimate of drug-likeness (QED) is 0.484. The Hall–Kier alpha value is -3.65. The minimum absolute atomic E-state index is 0.0289. The Morgan fingerprint density at radius 2 is 1.97 bits per heavy atom. The topological polar surface area (TPSA) is 90.8 Å². The molecule has 0 aliphatic heterocycles. The predicted molar refractivity (Wildman–Crippen MR) is 113 cm³/mol. The van der Waals surface area contributed by atoms with E-state index in [9.17, 15) is 9.18 Å². The maximum atomic E-state index is 14.3. The number of nitrogens with two attached hydrogens (primary N) is 1. The van der Waals surface area contributed by atoms with Crippen LogP contribution in [0.5, 0.6) is 0 Å². The van der Waals surface area contributed by atoms with Crippen molar-refractivity contribution < 1.29 is 9.18 Å². The number of hydrogen-bond donors (Lipinski definition) is 2. The smallest absolute Gasteiger partial charge is 0.271 e. The lowest BCUT2D eigenvalue weighted by Gasteiger charge is -2.09. The van der Waals surface area contributed by atoms with Crippen LogP contribution in [0.3, 0.4) is 0 Å². The summed E-state index contributed by atoms with van der Waals surface area (Å²) in [6.45, 7) is 2.06. The molecule has 0 saturated carbocycles. The summed E-state index contributed by atoms with van der Waals surface area (Å²) in [7, 11) is 0. The molecule has 0 unspecified atom stereocenters. The van der Waals surface area contributed by atoms with Crippen LogP contribution in [0.15, 0.2) is 60.9 Å². The molecular formula is C21H18ClFN6O. The highest BCUT2D eigenvalue weighted by molar-refractivity contribution is 6.32. The van der Waals surface area contributed by atoms with E-state index in [1.165, 1.54) is 29.1 Å². The Morgan fingerprint density at radius 3 is 2.63 bits per heavy atom. The van der Waals surface area contributed by atoms with Crippen LogP contribution in [0.25, 0.3) is 11.4 Å². The number of amides is 1. The normalized spacial score (nSPS) is 10.9. The van der Waals surface area contributed by atoms with Gasteiger partial charge in [-0.3, -0.25) is 4.79 Å². The zero-order valence-electron chi connectivity index (χ0n) is 16.0. The molecule has 0 aliphatic rings. The molecule has 0 spiro atoms. The number of primary amides is 1. The molecular weight excluding hydrogens is 407 g/mol. The van der Waals surface area contributed by atoms with Gasteiger partial charge in [0.1, 0.15) is 11.5 Å². The molecule has 0 bridgehead atoms. The summed E-state index contributed by atoms with van der Waals surface area (Å²) in [5.74, 6) is -1.31. The standard InChI is InChI=1S/C21H18ClFN6O/c1-2-14-10-11-25-29(14)15-8-6-13(7-9-15)26-18-12-28(27-19(18)21(24)30)20-16(22)4-3-5-17(20)23/h3-12,26H,2H2,1H3,(H2,24,30). The molecule has 30 heavy (non-hydrogen) atoms. The average molecular weight is 425 g/mol. The summed E-state index contributed by atoms with van der Waals surface area (Å²) < 4.78 is 17.3. The molecule has 2 aromatic carbocycles. The van der Waals surface area contributed by atoms with Gasteiger partial charge in [-0.1, -0.05) is 24.6 Å². The minimum Gasteiger partial charge on any atom is -0.364 e. The maximum Gasteiger partial charge on any atom is 0.271 e. The van der Waals surface area contributed by atoms with Crippen LogP contribution in [0, 0.1) is 5.82 Å². The Kier molecular flexibility index (Phi) is 5.24. The van der Waals surface area contributed by atoms with Crippen molar-refractivity contribution in [1.82, 2.24) is 19.6 Å². The summed E-state index contributed by atoms with van der Waals surface area (Å²) in [5, 5.41) is 11.7. The second kappa shape index (κ2) is 8.00. The molecule has 9 heteroatoms. The van der Waals surface area contributed by atoms with Gasteiger partial charge in [0.05, 0.1) is 22.6 Å². The third kappa shape index (κ3) is 3.65. The average Bonchev–Trinajstić information content (AvgIpc) is 3.36. The van der Waals surface area contributed by atoms with Crippen LogP contribution in [-0.4, -0.2) is 25.5 Å². The number of benzene rings is 2. The number of carbonyl (C=O) groups excluding carboxylic acids is 1. The van der Waals surface area contributed by atoms with Gasteiger partial charge in [0.2, 0.25) is 0 Å². The number of rotatable bonds is 6. The lowest BCUT2D eigenvalue weighted by Crippen LogP contribution is -2.14. The first kappa shape index (κ1) is 19.7. The molecule has 0 saturated heterocycles. The third-order valence-corrected chi connectivity index (χ3v) is 4.89. The van der Waals surface area contributed by atoms with E-state index in [0.717, 1.165) is 17.8 Å². The number of anilines is 2. The molecule has 0 fully saturated rings. The fraction of sp³-hybridized carbons (Fsp3) is 0.0952. The largest absolute Gasteiger partial charge is 0.364 e. The molecule has 4 aromatic rings. The van der Waals surface area contributed by atoms with Gasteiger partial charge in [-0.15, -0.1) is 0 Å². The van der Waals surface area contributed by atoms with Crippen LogP contribution < -0.4 is 11.1 Å². The molecule has 7 nitrogen and oxygen atoms in total. The summed E-state index contributed by atoms with van der Waals surface area (Å²) >= 11 is 6.11. The van der Waals surface area contributed by atoms with E-state index < -0.39 is 11.7 Å². The molecule has 4 rings (SSSR count). The van der Waals surface area contributed by atoms with E-state index >= 15 is 0 Å². The summed E-state index contributed by atoms with van der Waals surface area (Å²) in [4.78, 5) is 11.9. The van der Waals surface area contributed by atoms with Crippen molar-refractivity contribution in [2.45, 2.75) is 13.3 Å². The Bertz CT molecular complexity index is 1190. The third-order valence-electron chi connectivity index (χ3n) is 4.59. The van der Waals surface area contributed by atoms with Crippen molar-refractivity contribution in [2.24, 2.45) is 5.73 Å². The number of carbonyl (C=O) groups is 1. The highest BCUT2D eigenvalue weighted by atomic mass is 35.5. The number of nitrogens with zero attached hydrogens (tertiary/aromatic N) is 4. The van der Waals surface area contributed by atoms with Crippen molar-refractivity contribution in [3.8, 4) is 11.4 Å². The Morgan fingerprint density at radius 1 is 1.20 bits per heavy atom. The van der Waals surface area contributed by atoms with Gasteiger partial charge in [0.25, 0.3) is 5.91 Å². The van der Waals surface area contributed by atoms with E-state index in [-0.39, 0.29) is 16.4 Å². The van der Waals surface area contributed by atoms with Gasteiger partial charge >= 0.3 is 0 Å². The summed E-state index contributed by atoms with van der Waals surface area (Å²) in [6.07, 6.45) is 4.09. The van der Waals surface area contributed by atoms with Crippen molar-refractivity contribution in [3.05, 3.63) is 83.2 Å². The van der Waals surface area contributed by atoms with E-state index in [0.29, 0.717) is 11.4 Å². The van der Waals surface area contributed by atoms with Crippen LogP contribution in [0.1, 0.15) is 23.1 Å². The predicted octanol–water partition coefficient (Wildman–Crippen LogP) is 4.26. The van der Waals surface area contributed by atoms with Crippen LogP contribution in [0.4, 0.5) is 15.8 Å². The van der Waals surface area contributed by atoms with Crippen LogP contribution in [-0.2, 0) is 6.42 Å². The van der Waals surface area contributed by atoms with Gasteiger partial charge in [-0.2, -0.15) is 10.2 Å². The fourth-order valence-corrected chi connectivity index (χ4v) is 3.39. The summed E-state index contributed by atoms with van der Waals surface area (Å²) in [5.41, 5.74) is 8.51. The van der Waals surface area contributed by atoms with Crippen molar-refractivity contribution in [1.29, 1.82) is 0 Å². The number of aryl methyl sites for hydroxylation is 1. The fourth-order valence-electron chi connectivity index (χ4n) is 3.14. The van der Waals surface area contributed by atoms with Gasteiger partial charge in [-0.05, 0) is 48.9 Å². The SMILES string of the molecule is CCc1ccnn1-c1ccc(Nc2cn(-c3c(F)cccc3Cl)nc2C(N)=O)cc1. The number of halogens is 2. The highest BCUT2D eigenvalue weighted by Crippen LogP contribution is 2.27. The Labute approximate surface area is 176 Å². The Balaban J connectivity index is 1.66. The molecule has 152 valence electrons. The highest BCUT2D eigenvalue weighted by Gasteiger charge is 2.18. The second-order valence-corrected chi connectivity index (χ2v) is 6.94. The van der Waals surface area contributed by atoms with Crippen molar-refractivity contribution in [2.75, 3.05) is 5.32 Å². The molecule has 2 aromatic heterocycles.